The van der Waals surface area contributed by atoms with Gasteiger partial charge in [0.25, 0.3) is 0 Å². The fourth-order valence-corrected chi connectivity index (χ4v) is 7.60. The van der Waals surface area contributed by atoms with E-state index in [0.29, 0.717) is 24.1 Å². The fourth-order valence-electron chi connectivity index (χ4n) is 6.86. The summed E-state index contributed by atoms with van der Waals surface area (Å²) in [6.45, 7) is 5.96. The Labute approximate surface area is 336 Å². The summed E-state index contributed by atoms with van der Waals surface area (Å²) in [5.74, 6) is 0.00229. The average Bonchev–Trinajstić information content (AvgIpc) is 3.12. The van der Waals surface area contributed by atoms with Gasteiger partial charge in [-0.3, -0.25) is 13.8 Å². The van der Waals surface area contributed by atoms with Gasteiger partial charge in [0.15, 0.2) is 0 Å². The predicted molar refractivity (Wildman–Crippen MR) is 231 cm³/mol. The minimum absolute atomic E-state index is 0.00229. The Hall–Kier alpha value is -0.500. The summed E-state index contributed by atoms with van der Waals surface area (Å²) in [7, 11) is 1.79. The lowest BCUT2D eigenvalue weighted by Gasteiger charge is -2.24. The van der Waals surface area contributed by atoms with E-state index < -0.39 is 13.9 Å². The summed E-state index contributed by atoms with van der Waals surface area (Å²) in [6, 6.07) is 0. The molecule has 9 heteroatoms. The highest BCUT2D eigenvalue weighted by atomic mass is 31.2. The van der Waals surface area contributed by atoms with E-state index in [4.69, 9.17) is 13.8 Å². The minimum Gasteiger partial charge on any atom is -0.374 e. The lowest BCUT2D eigenvalue weighted by molar-refractivity contribution is -0.870. The first-order chi connectivity index (χ1) is 26.1. The van der Waals surface area contributed by atoms with Gasteiger partial charge in [-0.2, -0.15) is 0 Å². The molecule has 0 radical (unpaired) electrons. The second-order valence-corrected chi connectivity index (χ2v) is 18.7. The molecule has 0 aliphatic carbocycles. The van der Waals surface area contributed by atoms with Gasteiger partial charge in [-0.05, 0) is 12.8 Å². The third kappa shape index (κ3) is 42.6. The number of rotatable bonds is 44. The first kappa shape index (κ1) is 53.5. The lowest BCUT2D eigenvalue weighted by atomic mass is 10.0. The molecule has 0 rings (SSSR count). The van der Waals surface area contributed by atoms with E-state index in [1.165, 1.54) is 180 Å². The summed E-state index contributed by atoms with van der Waals surface area (Å²) < 4.78 is 29.7. The highest BCUT2D eigenvalue weighted by Gasteiger charge is 2.25. The predicted octanol–water partition coefficient (Wildman–Crippen LogP) is 13.2. The van der Waals surface area contributed by atoms with E-state index in [0.717, 1.165) is 25.7 Å². The first-order valence-electron chi connectivity index (χ1n) is 23.4. The van der Waals surface area contributed by atoms with Crippen molar-refractivity contribution in [2.24, 2.45) is 0 Å². The molecule has 0 spiro atoms. The maximum absolute atomic E-state index is 12.6. The zero-order valence-electron chi connectivity index (χ0n) is 36.8. The highest BCUT2D eigenvalue weighted by Crippen LogP contribution is 2.43. The third-order valence-corrected chi connectivity index (χ3v) is 11.6. The summed E-state index contributed by atoms with van der Waals surface area (Å²) in [4.78, 5) is 22.9. The molecule has 8 nitrogen and oxygen atoms in total. The molecule has 0 saturated carbocycles. The van der Waals surface area contributed by atoms with Gasteiger partial charge in [0.1, 0.15) is 13.2 Å². The van der Waals surface area contributed by atoms with Crippen LogP contribution >= 0.6 is 7.82 Å². The van der Waals surface area contributed by atoms with Crippen LogP contribution in [-0.2, 0) is 23.1 Å². The van der Waals surface area contributed by atoms with E-state index in [1.807, 2.05) is 21.1 Å². The molecule has 0 bridgehead atoms. The van der Waals surface area contributed by atoms with E-state index in [-0.39, 0.29) is 25.7 Å². The van der Waals surface area contributed by atoms with Crippen LogP contribution in [0.1, 0.15) is 226 Å². The number of ether oxygens (including phenoxy) is 1. The van der Waals surface area contributed by atoms with Gasteiger partial charge in [-0.25, -0.2) is 4.57 Å². The zero-order chi connectivity index (χ0) is 39.9. The summed E-state index contributed by atoms with van der Waals surface area (Å²) in [5.41, 5.74) is 0. The molecule has 2 N–H and O–H groups in total. The molecule has 0 heterocycles. The molecule has 0 aliphatic heterocycles. The molecule has 0 aromatic heterocycles. The molecule has 2 unspecified atom stereocenters. The zero-order valence-corrected chi connectivity index (χ0v) is 37.7. The Kier molecular flexibility index (Phi) is 39.0. The monoisotopic (exact) mass is 790 g/mol. The minimum atomic E-state index is -4.21. The quantitative estimate of drug-likeness (QED) is 0.0363. The van der Waals surface area contributed by atoms with Crippen LogP contribution in [0.2, 0.25) is 0 Å². The summed E-state index contributed by atoms with van der Waals surface area (Å²) in [6.07, 6.45) is 42.0. The smallest absolute Gasteiger partial charge is 0.374 e. The van der Waals surface area contributed by atoms with Crippen molar-refractivity contribution < 1.29 is 32.5 Å². The summed E-state index contributed by atoms with van der Waals surface area (Å²) >= 11 is 0. The third-order valence-electron chi connectivity index (χ3n) is 10.6. The number of unbranched alkanes of at least 4 members (excludes halogenated alkanes) is 30. The molecule has 2 atom stereocenters. The number of hydrogen-bond acceptors (Lipinski definition) is 5. The Bertz CT molecular complexity index is 839. The largest absolute Gasteiger partial charge is 0.472 e. The molecule has 0 aromatic carbocycles. The van der Waals surface area contributed by atoms with Crippen molar-refractivity contribution in [2.45, 2.75) is 232 Å². The number of hydrogen-bond donors (Lipinski definition) is 2. The average molecular weight is 790 g/mol. The van der Waals surface area contributed by atoms with Crippen LogP contribution in [0.15, 0.2) is 0 Å². The number of carbonyl (C=O) groups excluding carboxylic acids is 1. The van der Waals surface area contributed by atoms with Crippen molar-refractivity contribution >= 4 is 13.7 Å². The molecule has 0 aromatic rings. The number of carbonyl (C=O) groups is 1. The van der Waals surface area contributed by atoms with Gasteiger partial charge in [0.2, 0.25) is 5.91 Å². The van der Waals surface area contributed by atoms with Crippen molar-refractivity contribution in [3.8, 4) is 0 Å². The number of quaternary nitrogens is 1. The van der Waals surface area contributed by atoms with Crippen LogP contribution in [0, 0.1) is 0 Å². The molecule has 0 saturated heterocycles. The normalized spacial score (nSPS) is 13.7. The van der Waals surface area contributed by atoms with Crippen LogP contribution in [0.5, 0.6) is 0 Å². The molecular formula is C45H94N2O6P+. The van der Waals surface area contributed by atoms with E-state index in [2.05, 4.69) is 19.2 Å². The molecule has 0 fully saturated rings. The maximum Gasteiger partial charge on any atom is 0.472 e. The van der Waals surface area contributed by atoms with Crippen molar-refractivity contribution in [1.82, 2.24) is 5.32 Å². The van der Waals surface area contributed by atoms with Gasteiger partial charge in [-0.1, -0.05) is 206 Å². The van der Waals surface area contributed by atoms with Crippen LogP contribution < -0.4 is 5.32 Å². The Morgan fingerprint density at radius 3 is 1.26 bits per heavy atom. The maximum atomic E-state index is 12.6. The fraction of sp³-hybridized carbons (Fsp3) is 0.978. The van der Waals surface area contributed by atoms with Gasteiger partial charge in [0.05, 0.1) is 33.9 Å². The van der Waals surface area contributed by atoms with Crippen LogP contribution in [0.4, 0.5) is 0 Å². The van der Waals surface area contributed by atoms with Crippen molar-refractivity contribution in [1.29, 1.82) is 0 Å². The van der Waals surface area contributed by atoms with Crippen molar-refractivity contribution in [2.75, 3.05) is 54.1 Å². The van der Waals surface area contributed by atoms with E-state index >= 15 is 0 Å². The van der Waals surface area contributed by atoms with Crippen molar-refractivity contribution in [3.63, 3.8) is 0 Å². The van der Waals surface area contributed by atoms with E-state index in [9.17, 15) is 14.3 Å². The van der Waals surface area contributed by atoms with Gasteiger partial charge < -0.3 is 19.4 Å². The van der Waals surface area contributed by atoms with Gasteiger partial charge >= 0.3 is 7.82 Å². The molecule has 54 heavy (non-hydrogen) atoms. The number of amides is 1. The summed E-state index contributed by atoms with van der Waals surface area (Å²) in [5, 5.41) is 2.98. The molecule has 1 amide bonds. The van der Waals surface area contributed by atoms with Gasteiger partial charge in [0, 0.05) is 19.6 Å². The lowest BCUT2D eigenvalue weighted by Crippen LogP contribution is -2.37. The van der Waals surface area contributed by atoms with E-state index in [1.54, 1.807) is 0 Å². The molecule has 0 aliphatic rings. The Morgan fingerprint density at radius 1 is 0.537 bits per heavy atom. The Balaban J connectivity index is 4.15. The Morgan fingerprint density at radius 2 is 0.889 bits per heavy atom. The number of phosphoric acid groups is 1. The first-order valence-corrected chi connectivity index (χ1v) is 24.9. The number of phosphoric ester groups is 1. The van der Waals surface area contributed by atoms with Crippen LogP contribution in [0.3, 0.4) is 0 Å². The van der Waals surface area contributed by atoms with Crippen molar-refractivity contribution in [3.05, 3.63) is 0 Å². The second-order valence-electron chi connectivity index (χ2n) is 17.3. The highest BCUT2D eigenvalue weighted by molar-refractivity contribution is 7.47. The second kappa shape index (κ2) is 39.3. The van der Waals surface area contributed by atoms with Crippen LogP contribution in [-0.4, -0.2) is 75.4 Å². The SMILES string of the molecule is CCCCCCCCCCCCCCCCCCCOC(CNC(=O)CCCCCCCCCCCCCCCCC)COP(=O)(O)OCC[N+](C)(C)C. The van der Waals surface area contributed by atoms with Gasteiger partial charge in [-0.15, -0.1) is 0 Å². The number of likely N-dealkylation sites (N-methyl/N-ethyl adjacent to an activating group) is 1. The molecular weight excluding hydrogens is 695 g/mol. The number of nitrogens with one attached hydrogen (secondary N) is 1. The standard InChI is InChI=1S/C45H93N2O6P/c1-6-8-10-12-14-16-18-20-22-23-25-27-29-31-33-35-37-40-51-44(43-53-54(49,50)52-41-39-47(3,4)5)42-46-45(48)38-36-34-32-30-28-26-24-21-19-17-15-13-11-9-7-2/h44H,6-43H2,1-5H3,(H-,46,48,49,50)/p+1. The number of nitrogens with zero attached hydrogens (tertiary/aromatic N) is 1. The van der Waals surface area contributed by atoms with Crippen LogP contribution in [0.25, 0.3) is 0 Å². The topological polar surface area (TPSA) is 94.1 Å². The molecule has 324 valence electrons.